The molecule has 1 aliphatic carbocycles. The first-order valence-corrected chi connectivity index (χ1v) is 11.0. The molecule has 0 aromatic heterocycles. The normalized spacial score (nSPS) is 52.7. The molecule has 3 aliphatic rings. The molecule has 188 valence electrons. The Morgan fingerprint density at radius 2 is 1.56 bits per heavy atom. The van der Waals surface area contributed by atoms with E-state index < -0.39 is 72.9 Å². The van der Waals surface area contributed by atoms with Gasteiger partial charge in [-0.15, -0.1) is 0 Å². The molecule has 13 nitrogen and oxygen atoms in total. The molecule has 5 unspecified atom stereocenters. The third-order valence-electron chi connectivity index (χ3n) is 6.71. The van der Waals surface area contributed by atoms with Crippen LogP contribution in [0.5, 0.6) is 0 Å². The van der Waals surface area contributed by atoms with Crippen molar-refractivity contribution in [1.82, 2.24) is 5.32 Å². The lowest BCUT2D eigenvalue weighted by Gasteiger charge is -2.49. The van der Waals surface area contributed by atoms with Gasteiger partial charge in [0.2, 0.25) is 0 Å². The maximum absolute atomic E-state index is 11.0. The fourth-order valence-electron chi connectivity index (χ4n) is 4.68. The average Bonchev–Trinajstić information content (AvgIpc) is 2.75. The second-order valence-corrected chi connectivity index (χ2v) is 9.23. The molecule has 0 aromatic carbocycles. The number of ether oxygens (including phenoxy) is 4. The van der Waals surface area contributed by atoms with E-state index in [1.54, 1.807) is 7.05 Å². The third kappa shape index (κ3) is 5.10. The van der Waals surface area contributed by atoms with Crippen molar-refractivity contribution < 1.29 is 39.4 Å². The molecular weight excluding hydrogens is 426 g/mol. The number of nitrogens with one attached hydrogen (secondary N) is 1. The van der Waals surface area contributed by atoms with Crippen molar-refractivity contribution >= 4 is 0 Å². The van der Waals surface area contributed by atoms with E-state index in [4.69, 9.17) is 41.9 Å². The SMILES string of the molecule is CN[C@@H]1C(O)[C@H](O[C@H]2C(O)C(O[C@@H]3O[C@H](CN)CCC3N)[C@@H](N)C(O)[C@H]2N)OC[C@]1(C)O. The van der Waals surface area contributed by atoms with Crippen LogP contribution in [0.4, 0.5) is 0 Å². The second kappa shape index (κ2) is 10.4. The van der Waals surface area contributed by atoms with E-state index >= 15 is 0 Å². The van der Waals surface area contributed by atoms with Crippen molar-refractivity contribution in [2.75, 3.05) is 20.2 Å². The Morgan fingerprint density at radius 3 is 2.12 bits per heavy atom. The van der Waals surface area contributed by atoms with Gasteiger partial charge >= 0.3 is 0 Å². The largest absolute Gasteiger partial charge is 0.390 e. The summed E-state index contributed by atoms with van der Waals surface area (Å²) in [6.07, 6.45) is -7.33. The monoisotopic (exact) mass is 465 g/mol. The minimum absolute atomic E-state index is 0.133. The van der Waals surface area contributed by atoms with Gasteiger partial charge in [-0.1, -0.05) is 0 Å². The fourth-order valence-corrected chi connectivity index (χ4v) is 4.68. The molecule has 0 spiro atoms. The van der Waals surface area contributed by atoms with E-state index in [2.05, 4.69) is 5.32 Å². The van der Waals surface area contributed by atoms with Gasteiger partial charge in [0.1, 0.15) is 30.0 Å². The quantitative estimate of drug-likeness (QED) is 0.179. The summed E-state index contributed by atoms with van der Waals surface area (Å²) >= 11 is 0. The topological polar surface area (TPSA) is 234 Å². The zero-order valence-electron chi connectivity index (χ0n) is 18.5. The number of likely N-dealkylation sites (N-methyl/N-ethyl adjacent to an activating group) is 1. The highest BCUT2D eigenvalue weighted by Gasteiger charge is 2.53. The first kappa shape index (κ1) is 26.1. The minimum atomic E-state index is -1.39. The van der Waals surface area contributed by atoms with Crippen LogP contribution in [0.1, 0.15) is 19.8 Å². The molecule has 3 rings (SSSR count). The Morgan fingerprint density at radius 1 is 0.969 bits per heavy atom. The minimum Gasteiger partial charge on any atom is -0.390 e. The van der Waals surface area contributed by atoms with Crippen LogP contribution in [0.2, 0.25) is 0 Å². The summed E-state index contributed by atoms with van der Waals surface area (Å²) in [6.45, 7) is 1.67. The summed E-state index contributed by atoms with van der Waals surface area (Å²) in [4.78, 5) is 0. The summed E-state index contributed by atoms with van der Waals surface area (Å²) in [7, 11) is 1.58. The zero-order valence-corrected chi connectivity index (χ0v) is 18.5. The van der Waals surface area contributed by atoms with Gasteiger partial charge in [0.25, 0.3) is 0 Å². The van der Waals surface area contributed by atoms with Gasteiger partial charge in [-0.25, -0.2) is 0 Å². The smallest absolute Gasteiger partial charge is 0.185 e. The first-order valence-electron chi connectivity index (χ1n) is 11.0. The maximum Gasteiger partial charge on any atom is 0.185 e. The fraction of sp³-hybridized carbons (Fsp3) is 1.00. The van der Waals surface area contributed by atoms with Gasteiger partial charge in [-0.3, -0.25) is 0 Å². The molecule has 3 fully saturated rings. The summed E-state index contributed by atoms with van der Waals surface area (Å²) < 4.78 is 23.0. The van der Waals surface area contributed by atoms with Crippen LogP contribution >= 0.6 is 0 Å². The van der Waals surface area contributed by atoms with E-state index in [0.717, 1.165) is 0 Å². The lowest BCUT2D eigenvalue weighted by molar-refractivity contribution is -0.312. The Kier molecular flexibility index (Phi) is 8.48. The number of aliphatic hydroxyl groups excluding tert-OH is 3. The van der Waals surface area contributed by atoms with E-state index in [1.807, 2.05) is 0 Å². The molecule has 13 atom stereocenters. The average molecular weight is 466 g/mol. The summed E-state index contributed by atoms with van der Waals surface area (Å²) in [5.41, 5.74) is 22.7. The standard InChI is InChI=1S/C19H39N5O8/c1-19(28)6-29-18(13(27)16(19)24-2)32-15-10(23)11(25)9(22)14(12(15)26)31-17-8(21)4-3-7(5-20)30-17/h7-18,24-28H,3-6,20-23H2,1-2H3/t7-,8?,9-,10+,11?,12?,13?,14?,15+,16+,17-,18-,19-/m0/s1. The predicted octanol–water partition coefficient (Wildman–Crippen LogP) is -5.01. The van der Waals surface area contributed by atoms with Gasteiger partial charge in [0.05, 0.1) is 43.0 Å². The van der Waals surface area contributed by atoms with Gasteiger partial charge in [-0.2, -0.15) is 0 Å². The van der Waals surface area contributed by atoms with Crippen molar-refractivity contribution in [2.45, 2.75) is 98.7 Å². The van der Waals surface area contributed by atoms with Crippen LogP contribution < -0.4 is 28.3 Å². The van der Waals surface area contributed by atoms with Crippen LogP contribution in [0, 0.1) is 0 Å². The van der Waals surface area contributed by atoms with Crippen LogP contribution in [0.15, 0.2) is 0 Å². The predicted molar refractivity (Wildman–Crippen MR) is 112 cm³/mol. The summed E-state index contributed by atoms with van der Waals surface area (Å²) in [5, 5.41) is 45.5. The molecular formula is C19H39N5O8. The zero-order chi connectivity index (χ0) is 23.8. The van der Waals surface area contributed by atoms with Gasteiger partial charge in [0, 0.05) is 6.54 Å². The Bertz CT molecular complexity index is 618. The molecule has 13 heteroatoms. The Balaban J connectivity index is 1.73. The van der Waals surface area contributed by atoms with Crippen molar-refractivity contribution in [2.24, 2.45) is 22.9 Å². The lowest BCUT2D eigenvalue weighted by Crippen LogP contribution is -2.72. The molecule has 32 heavy (non-hydrogen) atoms. The molecule has 0 aromatic rings. The highest BCUT2D eigenvalue weighted by atomic mass is 16.7. The third-order valence-corrected chi connectivity index (χ3v) is 6.71. The van der Waals surface area contributed by atoms with Crippen LogP contribution in [0.3, 0.4) is 0 Å². The number of hydrogen-bond donors (Lipinski definition) is 9. The summed E-state index contributed by atoms with van der Waals surface area (Å²) in [6, 6.07) is -3.37. The van der Waals surface area contributed by atoms with Crippen molar-refractivity contribution in [3.05, 3.63) is 0 Å². The molecule has 0 bridgehead atoms. The molecule has 0 amide bonds. The highest BCUT2D eigenvalue weighted by molar-refractivity contribution is 5.06. The summed E-state index contributed by atoms with van der Waals surface area (Å²) in [5.74, 6) is 0. The van der Waals surface area contributed by atoms with E-state index in [0.29, 0.717) is 19.4 Å². The van der Waals surface area contributed by atoms with Crippen LogP contribution in [-0.2, 0) is 18.9 Å². The number of rotatable bonds is 6. The van der Waals surface area contributed by atoms with Crippen molar-refractivity contribution in [3.63, 3.8) is 0 Å². The lowest BCUT2D eigenvalue weighted by atomic mass is 9.81. The molecule has 2 heterocycles. The number of nitrogens with two attached hydrogens (primary N) is 4. The number of hydrogen-bond acceptors (Lipinski definition) is 13. The molecule has 2 saturated heterocycles. The molecule has 0 radical (unpaired) electrons. The first-order chi connectivity index (χ1) is 15.0. The van der Waals surface area contributed by atoms with Gasteiger partial charge in [-0.05, 0) is 26.8 Å². The maximum atomic E-state index is 11.0. The molecule has 13 N–H and O–H groups in total. The van der Waals surface area contributed by atoms with Crippen molar-refractivity contribution in [1.29, 1.82) is 0 Å². The molecule has 1 saturated carbocycles. The van der Waals surface area contributed by atoms with E-state index in [9.17, 15) is 20.4 Å². The molecule has 2 aliphatic heterocycles. The van der Waals surface area contributed by atoms with Crippen LogP contribution in [0.25, 0.3) is 0 Å². The van der Waals surface area contributed by atoms with Gasteiger partial charge < -0.3 is 67.6 Å². The van der Waals surface area contributed by atoms with E-state index in [1.165, 1.54) is 6.92 Å². The van der Waals surface area contributed by atoms with Crippen LogP contribution in [-0.4, -0.2) is 120 Å². The Hall–Kier alpha value is -0.520. The highest BCUT2D eigenvalue weighted by Crippen LogP contribution is 2.31. The van der Waals surface area contributed by atoms with E-state index in [-0.39, 0.29) is 12.7 Å². The Labute approximate surface area is 187 Å². The second-order valence-electron chi connectivity index (χ2n) is 9.23. The van der Waals surface area contributed by atoms with Gasteiger partial charge in [0.15, 0.2) is 12.6 Å². The van der Waals surface area contributed by atoms with Crippen molar-refractivity contribution in [3.8, 4) is 0 Å². The number of aliphatic hydroxyl groups is 4.